The smallest absolute Gasteiger partial charge is 0.243 e. The van der Waals surface area contributed by atoms with Crippen LogP contribution in [0.4, 0.5) is 0 Å². The monoisotopic (exact) mass is 361 g/mol. The third kappa shape index (κ3) is 4.21. The second-order valence-corrected chi connectivity index (χ2v) is 8.14. The van der Waals surface area contributed by atoms with Crippen molar-refractivity contribution in [1.82, 2.24) is 4.31 Å². The largest absolute Gasteiger partial charge is 0.489 e. The quantitative estimate of drug-likeness (QED) is 0.822. The molecule has 2 aromatic rings. The lowest BCUT2D eigenvalue weighted by atomic mass is 10.1. The summed E-state index contributed by atoms with van der Waals surface area (Å²) in [6, 6.07) is 12.9. The zero-order valence-electron chi connectivity index (χ0n) is 14.6. The molecular weight excluding hydrogens is 338 g/mol. The summed E-state index contributed by atoms with van der Waals surface area (Å²) < 4.78 is 38.0. The van der Waals surface area contributed by atoms with E-state index in [1.54, 1.807) is 18.2 Å². The van der Waals surface area contributed by atoms with Crippen molar-refractivity contribution in [3.63, 3.8) is 0 Å². The second kappa shape index (κ2) is 7.56. The molecule has 1 aliphatic heterocycles. The van der Waals surface area contributed by atoms with Crippen molar-refractivity contribution < 1.29 is 17.9 Å². The van der Waals surface area contributed by atoms with Crippen molar-refractivity contribution in [3.05, 3.63) is 59.2 Å². The van der Waals surface area contributed by atoms with Crippen molar-refractivity contribution >= 4 is 10.0 Å². The lowest BCUT2D eigenvalue weighted by molar-refractivity contribution is 0.0730. The van der Waals surface area contributed by atoms with Crippen LogP contribution in [0.15, 0.2) is 47.4 Å². The van der Waals surface area contributed by atoms with Crippen LogP contribution >= 0.6 is 0 Å². The van der Waals surface area contributed by atoms with Crippen LogP contribution in [0.5, 0.6) is 5.75 Å². The molecule has 1 aliphatic rings. The molecule has 1 heterocycles. The Labute approximate surface area is 149 Å². The van der Waals surface area contributed by atoms with Gasteiger partial charge < -0.3 is 9.47 Å². The number of hydrogen-bond donors (Lipinski definition) is 0. The first-order valence-electron chi connectivity index (χ1n) is 8.34. The number of ether oxygens (including phenoxy) is 2. The molecule has 0 spiro atoms. The first-order valence-corrected chi connectivity index (χ1v) is 9.78. The minimum Gasteiger partial charge on any atom is -0.489 e. The maximum atomic E-state index is 12.7. The van der Waals surface area contributed by atoms with E-state index in [-0.39, 0.29) is 0 Å². The summed E-state index contributed by atoms with van der Waals surface area (Å²) in [4.78, 5) is 0.301. The molecule has 3 rings (SSSR count). The highest BCUT2D eigenvalue weighted by molar-refractivity contribution is 7.89. The highest BCUT2D eigenvalue weighted by Crippen LogP contribution is 2.21. The van der Waals surface area contributed by atoms with Crippen LogP contribution in [-0.4, -0.2) is 39.0 Å². The second-order valence-electron chi connectivity index (χ2n) is 6.20. The highest BCUT2D eigenvalue weighted by atomic mass is 32.2. The van der Waals surface area contributed by atoms with Crippen LogP contribution in [0.3, 0.4) is 0 Å². The van der Waals surface area contributed by atoms with Crippen LogP contribution in [0, 0.1) is 13.8 Å². The molecule has 0 saturated carbocycles. The van der Waals surface area contributed by atoms with Crippen molar-refractivity contribution in [3.8, 4) is 5.75 Å². The van der Waals surface area contributed by atoms with E-state index in [0.29, 0.717) is 37.8 Å². The van der Waals surface area contributed by atoms with Gasteiger partial charge in [0.15, 0.2) is 0 Å². The normalized spacial score (nSPS) is 15.9. The first kappa shape index (κ1) is 17.9. The molecule has 0 radical (unpaired) electrons. The SMILES string of the molecule is Cc1ccc(OCc2cccc(S(=O)(=O)N3CCOCC3)c2)cc1C. The molecular formula is C19H23NO4S. The maximum Gasteiger partial charge on any atom is 0.243 e. The van der Waals surface area contributed by atoms with E-state index >= 15 is 0 Å². The molecule has 0 N–H and O–H groups in total. The number of nitrogens with zero attached hydrogens (tertiary/aromatic N) is 1. The van der Waals surface area contributed by atoms with Crippen LogP contribution < -0.4 is 4.74 Å². The van der Waals surface area contributed by atoms with E-state index in [1.165, 1.54) is 15.4 Å². The molecule has 5 nitrogen and oxygen atoms in total. The minimum absolute atomic E-state index is 0.301. The molecule has 1 saturated heterocycles. The van der Waals surface area contributed by atoms with Crippen LogP contribution in [-0.2, 0) is 21.4 Å². The summed E-state index contributed by atoms with van der Waals surface area (Å²) in [6.45, 7) is 6.09. The molecule has 0 amide bonds. The number of benzene rings is 2. The van der Waals surface area contributed by atoms with Gasteiger partial charge in [-0.1, -0.05) is 18.2 Å². The van der Waals surface area contributed by atoms with Crippen molar-refractivity contribution in [1.29, 1.82) is 0 Å². The summed E-state index contributed by atoms with van der Waals surface area (Å²) in [5.41, 5.74) is 3.21. The van der Waals surface area contributed by atoms with Crippen molar-refractivity contribution in [2.24, 2.45) is 0 Å². The van der Waals surface area contributed by atoms with Crippen LogP contribution in [0.1, 0.15) is 16.7 Å². The van der Waals surface area contributed by atoms with E-state index < -0.39 is 10.0 Å². The zero-order valence-corrected chi connectivity index (χ0v) is 15.4. The van der Waals surface area contributed by atoms with E-state index in [2.05, 4.69) is 6.92 Å². The van der Waals surface area contributed by atoms with Crippen molar-refractivity contribution in [2.45, 2.75) is 25.3 Å². The van der Waals surface area contributed by atoms with E-state index in [4.69, 9.17) is 9.47 Å². The fourth-order valence-electron chi connectivity index (χ4n) is 2.70. The minimum atomic E-state index is -3.48. The van der Waals surface area contributed by atoms with Gasteiger partial charge in [-0.3, -0.25) is 0 Å². The fraction of sp³-hybridized carbons (Fsp3) is 0.368. The van der Waals surface area contributed by atoms with Gasteiger partial charge in [0.1, 0.15) is 12.4 Å². The summed E-state index contributed by atoms with van der Waals surface area (Å²) >= 11 is 0. The van der Waals surface area contributed by atoms with Gasteiger partial charge in [-0.05, 0) is 54.8 Å². The summed E-state index contributed by atoms with van der Waals surface area (Å²) in [6.07, 6.45) is 0. The molecule has 0 atom stereocenters. The predicted octanol–water partition coefficient (Wildman–Crippen LogP) is 2.90. The van der Waals surface area contributed by atoms with E-state index in [9.17, 15) is 8.42 Å². The van der Waals surface area contributed by atoms with Crippen LogP contribution in [0.2, 0.25) is 0 Å². The summed E-state index contributed by atoms with van der Waals surface area (Å²) in [7, 11) is -3.48. The number of rotatable bonds is 5. The van der Waals surface area contributed by atoms with E-state index in [0.717, 1.165) is 11.3 Å². The highest BCUT2D eigenvalue weighted by Gasteiger charge is 2.26. The van der Waals surface area contributed by atoms with Gasteiger partial charge in [-0.2, -0.15) is 4.31 Å². The van der Waals surface area contributed by atoms with E-state index in [1.807, 2.05) is 31.2 Å². The number of morpholine rings is 1. The lowest BCUT2D eigenvalue weighted by Crippen LogP contribution is -2.40. The molecule has 2 aromatic carbocycles. The topological polar surface area (TPSA) is 55.8 Å². The molecule has 0 unspecified atom stereocenters. The van der Waals surface area contributed by atoms with Gasteiger partial charge in [0.2, 0.25) is 10.0 Å². The molecule has 0 aromatic heterocycles. The molecule has 0 bridgehead atoms. The standard InChI is InChI=1S/C19H23NO4S/c1-15-6-7-18(12-16(15)2)24-14-17-4-3-5-19(13-17)25(21,22)20-8-10-23-11-9-20/h3-7,12-13H,8-11,14H2,1-2H3. The Balaban J connectivity index is 1.73. The van der Waals surface area contributed by atoms with Gasteiger partial charge in [0.25, 0.3) is 0 Å². The van der Waals surface area contributed by atoms with Gasteiger partial charge in [0.05, 0.1) is 18.1 Å². The van der Waals surface area contributed by atoms with Gasteiger partial charge in [-0.15, -0.1) is 0 Å². The molecule has 25 heavy (non-hydrogen) atoms. The summed E-state index contributed by atoms with van der Waals surface area (Å²) in [5, 5.41) is 0. The average molecular weight is 361 g/mol. The Bertz CT molecular complexity index is 842. The molecule has 134 valence electrons. The predicted molar refractivity (Wildman–Crippen MR) is 96.3 cm³/mol. The van der Waals surface area contributed by atoms with Crippen LogP contribution in [0.25, 0.3) is 0 Å². The Morgan fingerprint density at radius 3 is 2.52 bits per heavy atom. The van der Waals surface area contributed by atoms with Gasteiger partial charge in [0, 0.05) is 13.1 Å². The Morgan fingerprint density at radius 2 is 1.80 bits per heavy atom. The summed E-state index contributed by atoms with van der Waals surface area (Å²) in [5.74, 6) is 0.782. The molecule has 6 heteroatoms. The number of hydrogen-bond acceptors (Lipinski definition) is 4. The fourth-order valence-corrected chi connectivity index (χ4v) is 4.18. The Kier molecular flexibility index (Phi) is 5.42. The third-order valence-electron chi connectivity index (χ3n) is 4.39. The Hall–Kier alpha value is -1.89. The average Bonchev–Trinajstić information content (AvgIpc) is 2.64. The third-order valence-corrected chi connectivity index (χ3v) is 6.28. The number of aryl methyl sites for hydroxylation is 2. The van der Waals surface area contributed by atoms with Crippen molar-refractivity contribution in [2.75, 3.05) is 26.3 Å². The Morgan fingerprint density at radius 1 is 1.04 bits per heavy atom. The van der Waals surface area contributed by atoms with Gasteiger partial charge >= 0.3 is 0 Å². The molecule has 1 fully saturated rings. The maximum absolute atomic E-state index is 12.7. The van der Waals surface area contributed by atoms with Gasteiger partial charge in [-0.25, -0.2) is 8.42 Å². The number of sulfonamides is 1. The first-order chi connectivity index (χ1) is 12.0. The molecule has 0 aliphatic carbocycles. The lowest BCUT2D eigenvalue weighted by Gasteiger charge is -2.26. The zero-order chi connectivity index (χ0) is 17.9.